The smallest absolute Gasteiger partial charge is 0.248 e. The molecular weight excluding hydrogens is 426 g/mol. The van der Waals surface area contributed by atoms with Gasteiger partial charge in [-0.15, -0.1) is 0 Å². The van der Waals surface area contributed by atoms with Crippen LogP contribution in [0.3, 0.4) is 0 Å². The molecule has 30 heavy (non-hydrogen) atoms. The fraction of sp³-hybridized carbons (Fsp3) is 0.381. The summed E-state index contributed by atoms with van der Waals surface area (Å²) >= 11 is 6.04. The molecule has 1 aliphatic rings. The molecule has 2 aromatic carbocycles. The lowest BCUT2D eigenvalue weighted by molar-refractivity contribution is -0.117. The van der Waals surface area contributed by atoms with E-state index in [1.54, 1.807) is 25.1 Å². The molecule has 0 spiro atoms. The van der Waals surface area contributed by atoms with Crippen LogP contribution in [0, 0.1) is 0 Å². The van der Waals surface area contributed by atoms with E-state index in [9.17, 15) is 13.2 Å². The van der Waals surface area contributed by atoms with Gasteiger partial charge >= 0.3 is 0 Å². The number of hydrogen-bond donors (Lipinski definition) is 1. The Morgan fingerprint density at radius 2 is 1.87 bits per heavy atom. The summed E-state index contributed by atoms with van der Waals surface area (Å²) in [6.45, 7) is 4.82. The SMILES string of the molecule is CCC(C(=O)Nc1ccc(N2CCOCC2)cc1)N(c1cccc(Cl)c1)S(C)(=O)=O. The zero-order valence-electron chi connectivity index (χ0n) is 17.0. The molecule has 9 heteroatoms. The van der Waals surface area contributed by atoms with Crippen molar-refractivity contribution in [3.8, 4) is 0 Å². The number of carbonyl (C=O) groups is 1. The van der Waals surface area contributed by atoms with Crippen LogP contribution in [0.1, 0.15) is 13.3 Å². The molecule has 1 N–H and O–H groups in total. The summed E-state index contributed by atoms with van der Waals surface area (Å²) < 4.78 is 31.5. The van der Waals surface area contributed by atoms with Crippen molar-refractivity contribution in [2.45, 2.75) is 19.4 Å². The number of hydrogen-bond acceptors (Lipinski definition) is 5. The molecule has 1 saturated heterocycles. The van der Waals surface area contributed by atoms with Crippen LogP contribution in [0.2, 0.25) is 5.02 Å². The third kappa shape index (κ3) is 5.44. The van der Waals surface area contributed by atoms with E-state index in [4.69, 9.17) is 16.3 Å². The Labute approximate surface area is 182 Å². The number of anilines is 3. The van der Waals surface area contributed by atoms with Gasteiger partial charge in [0, 0.05) is 29.5 Å². The number of sulfonamides is 1. The van der Waals surface area contributed by atoms with Gasteiger partial charge < -0.3 is 15.0 Å². The van der Waals surface area contributed by atoms with E-state index in [0.717, 1.165) is 29.3 Å². The summed E-state index contributed by atoms with van der Waals surface area (Å²) in [5.74, 6) is -0.401. The molecule has 2 aromatic rings. The van der Waals surface area contributed by atoms with Crippen LogP contribution < -0.4 is 14.5 Å². The maximum absolute atomic E-state index is 13.0. The summed E-state index contributed by atoms with van der Waals surface area (Å²) in [7, 11) is -3.71. The normalized spacial score (nSPS) is 15.5. The topological polar surface area (TPSA) is 79.0 Å². The highest BCUT2D eigenvalue weighted by Gasteiger charge is 2.31. The lowest BCUT2D eigenvalue weighted by atomic mass is 10.1. The molecule has 3 rings (SSSR count). The average molecular weight is 452 g/mol. The molecular formula is C21H26ClN3O4S. The van der Waals surface area contributed by atoms with Crippen LogP contribution in [0.15, 0.2) is 48.5 Å². The first kappa shape index (κ1) is 22.4. The van der Waals surface area contributed by atoms with Crippen LogP contribution in [0.5, 0.6) is 0 Å². The van der Waals surface area contributed by atoms with Gasteiger partial charge in [0.05, 0.1) is 25.2 Å². The summed E-state index contributed by atoms with van der Waals surface area (Å²) in [5, 5.41) is 3.24. The number of nitrogens with one attached hydrogen (secondary N) is 1. The summed E-state index contributed by atoms with van der Waals surface area (Å²) in [4.78, 5) is 15.2. The lowest BCUT2D eigenvalue weighted by Gasteiger charge is -2.30. The van der Waals surface area contributed by atoms with Crippen LogP contribution in [-0.2, 0) is 19.6 Å². The minimum atomic E-state index is -3.71. The van der Waals surface area contributed by atoms with Gasteiger partial charge in [-0.3, -0.25) is 9.10 Å². The van der Waals surface area contributed by atoms with Crippen molar-refractivity contribution in [3.63, 3.8) is 0 Å². The van der Waals surface area contributed by atoms with Gasteiger partial charge in [-0.1, -0.05) is 24.6 Å². The average Bonchev–Trinajstić information content (AvgIpc) is 2.72. The maximum atomic E-state index is 13.0. The number of rotatable bonds is 7. The van der Waals surface area contributed by atoms with Crippen molar-refractivity contribution >= 4 is 44.6 Å². The molecule has 0 bridgehead atoms. The number of nitrogens with zero attached hydrogens (tertiary/aromatic N) is 2. The second-order valence-corrected chi connectivity index (χ2v) is 9.39. The standard InChI is InChI=1S/C21H26ClN3O4S/c1-3-20(25(30(2,27)28)19-6-4-5-16(22)15-19)21(26)23-17-7-9-18(10-8-17)24-11-13-29-14-12-24/h4-10,15,20H,3,11-14H2,1-2H3,(H,23,26). The second-order valence-electron chi connectivity index (χ2n) is 7.10. The van der Waals surface area contributed by atoms with E-state index in [-0.39, 0.29) is 0 Å². The molecule has 0 saturated carbocycles. The van der Waals surface area contributed by atoms with Gasteiger partial charge in [-0.05, 0) is 48.9 Å². The molecule has 7 nitrogen and oxygen atoms in total. The number of halogens is 1. The third-order valence-electron chi connectivity index (χ3n) is 4.90. The first-order valence-electron chi connectivity index (χ1n) is 9.78. The molecule has 1 heterocycles. The minimum Gasteiger partial charge on any atom is -0.378 e. The van der Waals surface area contributed by atoms with Gasteiger partial charge in [0.2, 0.25) is 15.9 Å². The largest absolute Gasteiger partial charge is 0.378 e. The number of benzene rings is 2. The quantitative estimate of drug-likeness (QED) is 0.698. The van der Waals surface area contributed by atoms with Crippen molar-refractivity contribution in [2.24, 2.45) is 0 Å². The van der Waals surface area contributed by atoms with Gasteiger partial charge in [0.1, 0.15) is 6.04 Å². The molecule has 1 amide bonds. The van der Waals surface area contributed by atoms with Gasteiger partial charge in [0.15, 0.2) is 0 Å². The zero-order valence-corrected chi connectivity index (χ0v) is 18.6. The van der Waals surface area contributed by atoms with E-state index < -0.39 is 22.0 Å². The van der Waals surface area contributed by atoms with Gasteiger partial charge in [0.25, 0.3) is 0 Å². The molecule has 1 fully saturated rings. The highest BCUT2D eigenvalue weighted by atomic mass is 35.5. The Morgan fingerprint density at radius 1 is 1.20 bits per heavy atom. The number of carbonyl (C=O) groups excluding carboxylic acids is 1. The lowest BCUT2D eigenvalue weighted by Crippen LogP contribution is -2.47. The van der Waals surface area contributed by atoms with Crippen molar-refractivity contribution < 1.29 is 17.9 Å². The molecule has 162 valence electrons. The van der Waals surface area contributed by atoms with E-state index in [2.05, 4.69) is 10.2 Å². The van der Waals surface area contributed by atoms with Gasteiger partial charge in [-0.2, -0.15) is 0 Å². The Kier molecular flexibility index (Phi) is 7.23. The number of morpholine rings is 1. The molecule has 0 aromatic heterocycles. The van der Waals surface area contributed by atoms with E-state index in [1.807, 2.05) is 24.3 Å². The van der Waals surface area contributed by atoms with Gasteiger partial charge in [-0.25, -0.2) is 8.42 Å². The highest BCUT2D eigenvalue weighted by molar-refractivity contribution is 7.92. The number of amides is 1. The first-order valence-corrected chi connectivity index (χ1v) is 12.0. The zero-order chi connectivity index (χ0) is 21.7. The van der Waals surface area contributed by atoms with Crippen molar-refractivity contribution in [1.82, 2.24) is 0 Å². The predicted molar refractivity (Wildman–Crippen MR) is 121 cm³/mol. The molecule has 1 aliphatic heterocycles. The Bertz CT molecular complexity index is 976. The molecule has 0 radical (unpaired) electrons. The Balaban J connectivity index is 1.79. The Morgan fingerprint density at radius 3 is 2.43 bits per heavy atom. The summed E-state index contributed by atoms with van der Waals surface area (Å²) in [5.41, 5.74) is 2.02. The fourth-order valence-corrected chi connectivity index (χ4v) is 4.86. The summed E-state index contributed by atoms with van der Waals surface area (Å²) in [6, 6.07) is 13.1. The van der Waals surface area contributed by atoms with Crippen molar-refractivity contribution in [2.75, 3.05) is 47.1 Å². The van der Waals surface area contributed by atoms with E-state index >= 15 is 0 Å². The van der Waals surface area contributed by atoms with Crippen molar-refractivity contribution in [3.05, 3.63) is 53.6 Å². The van der Waals surface area contributed by atoms with Crippen molar-refractivity contribution in [1.29, 1.82) is 0 Å². The van der Waals surface area contributed by atoms with E-state index in [0.29, 0.717) is 36.0 Å². The molecule has 1 atom stereocenters. The third-order valence-corrected chi connectivity index (χ3v) is 6.32. The second kappa shape index (κ2) is 9.68. The Hall–Kier alpha value is -2.29. The number of ether oxygens (including phenoxy) is 1. The van der Waals surface area contributed by atoms with Crippen LogP contribution in [0.4, 0.5) is 17.1 Å². The minimum absolute atomic E-state index is 0.303. The van der Waals surface area contributed by atoms with Crippen LogP contribution >= 0.6 is 11.6 Å². The summed E-state index contributed by atoms with van der Waals surface area (Å²) in [6.07, 6.45) is 1.39. The van der Waals surface area contributed by atoms with E-state index in [1.165, 1.54) is 6.07 Å². The van der Waals surface area contributed by atoms with Crippen LogP contribution in [0.25, 0.3) is 0 Å². The predicted octanol–water partition coefficient (Wildman–Crippen LogP) is 3.36. The fourth-order valence-electron chi connectivity index (χ4n) is 3.48. The molecule has 0 aliphatic carbocycles. The van der Waals surface area contributed by atoms with Crippen LogP contribution in [-0.4, -0.2) is 52.9 Å². The first-order chi connectivity index (χ1) is 14.3. The highest BCUT2D eigenvalue weighted by Crippen LogP contribution is 2.26. The maximum Gasteiger partial charge on any atom is 0.248 e. The monoisotopic (exact) mass is 451 g/mol. The molecule has 1 unspecified atom stereocenters.